The number of carbonyl (C=O) groups is 1. The highest BCUT2D eigenvalue weighted by molar-refractivity contribution is 5.99. The lowest BCUT2D eigenvalue weighted by atomic mass is 10.2. The van der Waals surface area contributed by atoms with Crippen molar-refractivity contribution in [3.05, 3.63) is 35.9 Å². The van der Waals surface area contributed by atoms with Crippen molar-refractivity contribution in [3.8, 4) is 0 Å². The second-order valence-corrected chi connectivity index (χ2v) is 6.70. The van der Waals surface area contributed by atoms with Crippen molar-refractivity contribution < 1.29 is 4.79 Å². The summed E-state index contributed by atoms with van der Waals surface area (Å²) in [5.41, 5.74) is 1.42. The molecule has 0 unspecified atom stereocenters. The van der Waals surface area contributed by atoms with Crippen LogP contribution in [0.15, 0.2) is 24.4 Å². The third-order valence-corrected chi connectivity index (χ3v) is 5.22. The zero-order valence-corrected chi connectivity index (χ0v) is 15.5. The molecule has 1 amide bonds. The van der Waals surface area contributed by atoms with E-state index < -0.39 is 0 Å². The molecule has 2 aromatic rings. The van der Waals surface area contributed by atoms with Gasteiger partial charge in [0.15, 0.2) is 5.69 Å². The van der Waals surface area contributed by atoms with E-state index in [1.165, 1.54) is 6.42 Å². The Hall–Kier alpha value is -1.92. The van der Waals surface area contributed by atoms with Gasteiger partial charge in [0, 0.05) is 19.3 Å². The minimum Gasteiger partial charge on any atom is -0.349 e. The first kappa shape index (κ1) is 17.9. The molecule has 0 aliphatic carbocycles. The highest BCUT2D eigenvalue weighted by Gasteiger charge is 2.28. The normalized spacial score (nSPS) is 18.3. The molecule has 0 bridgehead atoms. The number of fused-ring (bicyclic) bond motifs is 1. The van der Waals surface area contributed by atoms with Gasteiger partial charge in [-0.1, -0.05) is 19.9 Å². The summed E-state index contributed by atoms with van der Waals surface area (Å²) in [5.74, 6) is 0.896. The number of likely N-dealkylation sites (tertiary alicyclic amines) is 1. The lowest BCUT2D eigenvalue weighted by Crippen LogP contribution is -2.35. The Labute approximate surface area is 149 Å². The minimum absolute atomic E-state index is 0.0808. The number of imidazole rings is 1. The maximum Gasteiger partial charge on any atom is 0.272 e. The van der Waals surface area contributed by atoms with Crippen LogP contribution in [-0.4, -0.2) is 64.9 Å². The van der Waals surface area contributed by atoms with E-state index in [4.69, 9.17) is 4.98 Å². The van der Waals surface area contributed by atoms with Gasteiger partial charge in [0.1, 0.15) is 5.82 Å². The summed E-state index contributed by atoms with van der Waals surface area (Å²) in [7, 11) is 2.13. The lowest BCUT2D eigenvalue weighted by molar-refractivity contribution is 0.0945. The van der Waals surface area contributed by atoms with Crippen molar-refractivity contribution in [2.45, 2.75) is 32.7 Å². The molecule has 1 atom stereocenters. The average molecular weight is 343 g/mol. The maximum atomic E-state index is 12.7. The van der Waals surface area contributed by atoms with Crippen LogP contribution in [0.5, 0.6) is 0 Å². The zero-order valence-electron chi connectivity index (χ0n) is 15.5. The highest BCUT2D eigenvalue weighted by Crippen LogP contribution is 2.30. The molecular formula is C19H29N5O. The number of likely N-dealkylation sites (N-methyl/N-ethyl adjacent to an activating group) is 1. The molecule has 1 aliphatic rings. The number of aromatic nitrogens is 2. The fourth-order valence-electron chi connectivity index (χ4n) is 3.65. The van der Waals surface area contributed by atoms with Crippen LogP contribution in [0, 0.1) is 0 Å². The van der Waals surface area contributed by atoms with Crippen LogP contribution >= 0.6 is 0 Å². The SMILES string of the molecule is CCN(CC)CCNC(=O)c1nc([C@@H]2CCCN2C)n2ccccc12. The molecule has 6 nitrogen and oxygen atoms in total. The first-order valence-corrected chi connectivity index (χ1v) is 9.33. The zero-order chi connectivity index (χ0) is 17.8. The third kappa shape index (κ3) is 3.70. The van der Waals surface area contributed by atoms with Crippen molar-refractivity contribution >= 4 is 11.4 Å². The quantitative estimate of drug-likeness (QED) is 0.837. The summed E-state index contributed by atoms with van der Waals surface area (Å²) in [6.45, 7) is 8.86. The van der Waals surface area contributed by atoms with Gasteiger partial charge in [-0.2, -0.15) is 0 Å². The van der Waals surface area contributed by atoms with Crippen LogP contribution in [0.3, 0.4) is 0 Å². The van der Waals surface area contributed by atoms with Gasteiger partial charge >= 0.3 is 0 Å². The van der Waals surface area contributed by atoms with Crippen molar-refractivity contribution in [2.75, 3.05) is 39.8 Å². The molecule has 0 radical (unpaired) electrons. The van der Waals surface area contributed by atoms with Crippen molar-refractivity contribution in [3.63, 3.8) is 0 Å². The first-order chi connectivity index (χ1) is 12.2. The van der Waals surface area contributed by atoms with Crippen LogP contribution in [0.1, 0.15) is 49.0 Å². The monoisotopic (exact) mass is 343 g/mol. The smallest absolute Gasteiger partial charge is 0.272 e. The van der Waals surface area contributed by atoms with E-state index in [9.17, 15) is 4.79 Å². The highest BCUT2D eigenvalue weighted by atomic mass is 16.1. The number of carbonyl (C=O) groups excluding carboxylic acids is 1. The van der Waals surface area contributed by atoms with E-state index in [0.717, 1.165) is 43.9 Å². The summed E-state index contributed by atoms with van der Waals surface area (Å²) in [6, 6.07) is 6.22. The van der Waals surface area contributed by atoms with Gasteiger partial charge < -0.3 is 14.6 Å². The summed E-state index contributed by atoms with van der Waals surface area (Å²) in [4.78, 5) is 22.1. The largest absolute Gasteiger partial charge is 0.349 e. The molecule has 3 heterocycles. The van der Waals surface area contributed by atoms with Crippen LogP contribution in [0.25, 0.3) is 5.52 Å². The molecular weight excluding hydrogens is 314 g/mol. The van der Waals surface area contributed by atoms with Crippen LogP contribution in [-0.2, 0) is 0 Å². The molecule has 2 aromatic heterocycles. The molecule has 0 spiro atoms. The van der Waals surface area contributed by atoms with Crippen LogP contribution < -0.4 is 5.32 Å². The number of nitrogens with zero attached hydrogens (tertiary/aromatic N) is 4. The van der Waals surface area contributed by atoms with Gasteiger partial charge in [-0.3, -0.25) is 9.69 Å². The van der Waals surface area contributed by atoms with Gasteiger partial charge in [-0.25, -0.2) is 4.98 Å². The standard InChI is InChI=1S/C19H29N5O/c1-4-23(5-2)14-11-20-19(25)17-15-9-6-7-13-24(15)18(21-17)16-10-8-12-22(16)3/h6-7,9,13,16H,4-5,8,10-12,14H2,1-3H3,(H,20,25)/t16-/m0/s1. The number of nitrogens with one attached hydrogen (secondary N) is 1. The Bertz CT molecular complexity index is 722. The number of hydrogen-bond acceptors (Lipinski definition) is 4. The number of pyridine rings is 1. The molecule has 0 aromatic carbocycles. The molecule has 1 fully saturated rings. The number of rotatable bonds is 7. The van der Waals surface area contributed by atoms with Crippen molar-refractivity contribution in [2.24, 2.45) is 0 Å². The van der Waals surface area contributed by atoms with E-state index in [2.05, 4.69) is 40.4 Å². The van der Waals surface area contributed by atoms with E-state index >= 15 is 0 Å². The van der Waals surface area contributed by atoms with Crippen LogP contribution in [0.2, 0.25) is 0 Å². The minimum atomic E-state index is -0.0808. The number of hydrogen-bond donors (Lipinski definition) is 1. The second kappa shape index (κ2) is 7.97. The van der Waals surface area contributed by atoms with Gasteiger partial charge in [0.2, 0.25) is 0 Å². The molecule has 136 valence electrons. The molecule has 0 saturated carbocycles. The van der Waals surface area contributed by atoms with Crippen molar-refractivity contribution in [1.82, 2.24) is 24.5 Å². The Kier molecular flexibility index (Phi) is 5.71. The summed E-state index contributed by atoms with van der Waals surface area (Å²) in [6.07, 6.45) is 4.28. The molecule has 3 rings (SSSR count). The van der Waals surface area contributed by atoms with E-state index in [1.54, 1.807) is 0 Å². The molecule has 25 heavy (non-hydrogen) atoms. The molecule has 6 heteroatoms. The van der Waals surface area contributed by atoms with E-state index in [-0.39, 0.29) is 11.9 Å². The predicted octanol–water partition coefficient (Wildman–Crippen LogP) is 2.17. The Morgan fingerprint density at radius 3 is 2.84 bits per heavy atom. The van der Waals surface area contributed by atoms with E-state index in [0.29, 0.717) is 12.2 Å². The average Bonchev–Trinajstić information content (AvgIpc) is 3.22. The van der Waals surface area contributed by atoms with Gasteiger partial charge in [0.25, 0.3) is 5.91 Å². The molecule has 1 aliphatic heterocycles. The van der Waals surface area contributed by atoms with Gasteiger partial charge in [0.05, 0.1) is 11.6 Å². The fourth-order valence-corrected chi connectivity index (χ4v) is 3.65. The van der Waals surface area contributed by atoms with Crippen molar-refractivity contribution in [1.29, 1.82) is 0 Å². The fraction of sp³-hybridized carbons (Fsp3) is 0.579. The lowest BCUT2D eigenvalue weighted by Gasteiger charge is -2.18. The van der Waals surface area contributed by atoms with Crippen LogP contribution in [0.4, 0.5) is 0 Å². The van der Waals surface area contributed by atoms with Gasteiger partial charge in [-0.05, 0) is 51.7 Å². The molecule has 1 saturated heterocycles. The topological polar surface area (TPSA) is 52.9 Å². The Balaban J connectivity index is 1.80. The predicted molar refractivity (Wildman–Crippen MR) is 99.9 cm³/mol. The summed E-state index contributed by atoms with van der Waals surface area (Å²) in [5, 5.41) is 3.04. The third-order valence-electron chi connectivity index (χ3n) is 5.22. The van der Waals surface area contributed by atoms with Gasteiger partial charge in [-0.15, -0.1) is 0 Å². The summed E-state index contributed by atoms with van der Waals surface area (Å²) < 4.78 is 2.08. The summed E-state index contributed by atoms with van der Waals surface area (Å²) >= 11 is 0. The number of amides is 1. The van der Waals surface area contributed by atoms with E-state index in [1.807, 2.05) is 24.4 Å². The second-order valence-electron chi connectivity index (χ2n) is 6.70. The molecule has 1 N–H and O–H groups in total. The maximum absolute atomic E-state index is 12.7. The Morgan fingerprint density at radius 2 is 2.16 bits per heavy atom. The first-order valence-electron chi connectivity index (χ1n) is 9.33. The Morgan fingerprint density at radius 1 is 1.36 bits per heavy atom.